The van der Waals surface area contributed by atoms with Crippen molar-refractivity contribution in [3.05, 3.63) is 47.5 Å². The summed E-state index contributed by atoms with van der Waals surface area (Å²) in [5.41, 5.74) is 0.737. The lowest BCUT2D eigenvalue weighted by molar-refractivity contribution is 0.549. The molecule has 0 fully saturated rings. The summed E-state index contributed by atoms with van der Waals surface area (Å²) in [4.78, 5) is 0.0655. The monoisotopic (exact) mass is 283 g/mol. The van der Waals surface area contributed by atoms with Crippen LogP contribution in [-0.4, -0.2) is 18.6 Å². The number of nitrogens with one attached hydrogen (secondary N) is 2. The summed E-state index contributed by atoms with van der Waals surface area (Å²) in [7, 11) is -3.72. The van der Waals surface area contributed by atoms with Crippen molar-refractivity contribution in [3.8, 4) is 0 Å². The highest BCUT2D eigenvalue weighted by Gasteiger charge is 2.22. The lowest BCUT2D eigenvalue weighted by atomic mass is 10.1. The van der Waals surface area contributed by atoms with Crippen LogP contribution in [0.1, 0.15) is 24.2 Å². The molecule has 0 amide bonds. The van der Waals surface area contributed by atoms with Crippen molar-refractivity contribution in [1.29, 1.82) is 0 Å². The quantitative estimate of drug-likeness (QED) is 0.900. The molecule has 0 radical (unpaired) electrons. The number of H-pyrrole nitrogens is 1. The molecule has 1 atom stereocenters. The molecule has 2 N–H and O–H groups in total. The number of sulfonamides is 1. The average molecular weight is 283 g/mol. The largest absolute Gasteiger partial charge is 0.281 e. The molecule has 0 aliphatic carbocycles. The van der Waals surface area contributed by atoms with Gasteiger partial charge >= 0.3 is 0 Å². The third-order valence-corrected chi connectivity index (χ3v) is 4.43. The van der Waals surface area contributed by atoms with Gasteiger partial charge in [0.05, 0.1) is 11.9 Å². The van der Waals surface area contributed by atoms with Crippen molar-refractivity contribution < 1.29 is 12.8 Å². The summed E-state index contributed by atoms with van der Waals surface area (Å²) in [6.07, 6.45) is 1.23. The van der Waals surface area contributed by atoms with Crippen molar-refractivity contribution in [3.63, 3.8) is 0 Å². The maximum Gasteiger partial charge on any atom is 0.244 e. The van der Waals surface area contributed by atoms with E-state index in [1.165, 1.54) is 12.3 Å². The molecule has 2 aromatic rings. The van der Waals surface area contributed by atoms with Crippen LogP contribution in [0.4, 0.5) is 4.39 Å². The van der Waals surface area contributed by atoms with E-state index in [1.54, 1.807) is 32.0 Å². The fraction of sp³-hybridized carbons (Fsp3) is 0.250. The highest BCUT2D eigenvalue weighted by Crippen LogP contribution is 2.20. The number of hydrogen-bond donors (Lipinski definition) is 2. The van der Waals surface area contributed by atoms with Gasteiger partial charge in [0.25, 0.3) is 0 Å². The molecule has 0 bridgehead atoms. The number of benzene rings is 1. The van der Waals surface area contributed by atoms with Gasteiger partial charge in [-0.3, -0.25) is 5.10 Å². The van der Waals surface area contributed by atoms with Crippen molar-refractivity contribution in [2.75, 3.05) is 0 Å². The van der Waals surface area contributed by atoms with E-state index in [1.807, 2.05) is 0 Å². The minimum absolute atomic E-state index is 0.0655. The summed E-state index contributed by atoms with van der Waals surface area (Å²) in [6.45, 7) is 3.20. The van der Waals surface area contributed by atoms with Crippen LogP contribution in [0.5, 0.6) is 0 Å². The molecule has 0 aliphatic rings. The van der Waals surface area contributed by atoms with Gasteiger partial charge < -0.3 is 0 Å². The highest BCUT2D eigenvalue weighted by atomic mass is 32.2. The Balaban J connectivity index is 2.27. The summed E-state index contributed by atoms with van der Waals surface area (Å²) in [6, 6.07) is 5.39. The molecule has 1 heterocycles. The third kappa shape index (κ3) is 2.82. The molecule has 1 aromatic heterocycles. The molecule has 2 rings (SSSR count). The zero-order valence-electron chi connectivity index (χ0n) is 10.5. The molecule has 1 aromatic carbocycles. The fourth-order valence-electron chi connectivity index (χ4n) is 1.80. The minimum Gasteiger partial charge on any atom is -0.281 e. The molecule has 5 nitrogen and oxygen atoms in total. The summed E-state index contributed by atoms with van der Waals surface area (Å²) in [5, 5.41) is 6.22. The van der Waals surface area contributed by atoms with E-state index in [9.17, 15) is 12.8 Å². The Morgan fingerprint density at radius 1 is 1.37 bits per heavy atom. The van der Waals surface area contributed by atoms with Crippen LogP contribution in [0.15, 0.2) is 35.4 Å². The first-order valence-corrected chi connectivity index (χ1v) is 7.17. The predicted molar refractivity (Wildman–Crippen MR) is 68.5 cm³/mol. The molecule has 0 spiro atoms. The van der Waals surface area contributed by atoms with E-state index in [0.29, 0.717) is 11.3 Å². The summed E-state index contributed by atoms with van der Waals surface area (Å²) in [5.74, 6) is -0.443. The van der Waals surface area contributed by atoms with Crippen molar-refractivity contribution in [2.24, 2.45) is 0 Å². The van der Waals surface area contributed by atoms with Crippen LogP contribution in [0.3, 0.4) is 0 Å². The topological polar surface area (TPSA) is 74.8 Å². The lowest BCUT2D eigenvalue weighted by Gasteiger charge is -2.14. The van der Waals surface area contributed by atoms with E-state index >= 15 is 0 Å². The Bertz CT molecular complexity index is 682. The number of aromatic amines is 1. The number of hydrogen-bond acceptors (Lipinski definition) is 3. The molecule has 102 valence electrons. The second kappa shape index (κ2) is 5.10. The Hall–Kier alpha value is -1.73. The van der Waals surface area contributed by atoms with E-state index in [-0.39, 0.29) is 4.90 Å². The third-order valence-electron chi connectivity index (χ3n) is 2.78. The van der Waals surface area contributed by atoms with E-state index in [4.69, 9.17) is 0 Å². The second-order valence-corrected chi connectivity index (χ2v) is 5.91. The SMILES string of the molecule is Cc1[nH]ncc1S(=O)(=O)NC(C)c1ccccc1F. The average Bonchev–Trinajstić information content (AvgIpc) is 2.76. The van der Waals surface area contributed by atoms with Gasteiger partial charge in [-0.25, -0.2) is 17.5 Å². The Labute approximate surface area is 110 Å². The van der Waals surface area contributed by atoms with Gasteiger partial charge in [0.15, 0.2) is 0 Å². The molecule has 0 aliphatic heterocycles. The highest BCUT2D eigenvalue weighted by molar-refractivity contribution is 7.89. The molecule has 1 unspecified atom stereocenters. The summed E-state index contributed by atoms with van der Waals surface area (Å²) < 4.78 is 40.2. The number of halogens is 1. The van der Waals surface area contributed by atoms with Crippen molar-refractivity contribution in [2.45, 2.75) is 24.8 Å². The van der Waals surface area contributed by atoms with Crippen LogP contribution >= 0.6 is 0 Å². The maximum absolute atomic E-state index is 13.6. The van der Waals surface area contributed by atoms with Crippen molar-refractivity contribution in [1.82, 2.24) is 14.9 Å². The van der Waals surface area contributed by atoms with Crippen LogP contribution in [0.2, 0.25) is 0 Å². The number of rotatable bonds is 4. The second-order valence-electron chi connectivity index (χ2n) is 4.22. The first-order valence-electron chi connectivity index (χ1n) is 5.68. The zero-order chi connectivity index (χ0) is 14.0. The number of nitrogens with zero attached hydrogens (tertiary/aromatic N) is 1. The summed E-state index contributed by atoms with van der Waals surface area (Å²) >= 11 is 0. The van der Waals surface area contributed by atoms with Gasteiger partial charge in [-0.05, 0) is 19.9 Å². The fourth-order valence-corrected chi connectivity index (χ4v) is 3.16. The van der Waals surface area contributed by atoms with Gasteiger partial charge in [-0.15, -0.1) is 0 Å². The van der Waals surface area contributed by atoms with E-state index in [0.717, 1.165) is 0 Å². The van der Waals surface area contributed by atoms with E-state index in [2.05, 4.69) is 14.9 Å². The number of aromatic nitrogens is 2. The normalized spacial score (nSPS) is 13.4. The molecule has 19 heavy (non-hydrogen) atoms. The van der Waals surface area contributed by atoms with Gasteiger partial charge in [0.2, 0.25) is 10.0 Å². The molecule has 0 saturated heterocycles. The maximum atomic E-state index is 13.6. The molecule has 0 saturated carbocycles. The number of aryl methyl sites for hydroxylation is 1. The first kappa shape index (κ1) is 13.7. The van der Waals surface area contributed by atoms with Crippen molar-refractivity contribution >= 4 is 10.0 Å². The van der Waals surface area contributed by atoms with Gasteiger partial charge in [0.1, 0.15) is 10.7 Å². The van der Waals surface area contributed by atoms with Gasteiger partial charge in [0, 0.05) is 11.6 Å². The van der Waals surface area contributed by atoms with Gasteiger partial charge in [-0.2, -0.15) is 5.10 Å². The van der Waals surface area contributed by atoms with Gasteiger partial charge in [-0.1, -0.05) is 18.2 Å². The Morgan fingerprint density at radius 2 is 2.05 bits per heavy atom. The van der Waals surface area contributed by atoms with Crippen LogP contribution in [0, 0.1) is 12.7 Å². The standard InChI is InChI=1S/C12H14FN3O2S/c1-8(10-5-3-4-6-11(10)13)16-19(17,18)12-7-14-15-9(12)2/h3-8,16H,1-2H3,(H,14,15). The minimum atomic E-state index is -3.72. The Morgan fingerprint density at radius 3 is 2.63 bits per heavy atom. The lowest BCUT2D eigenvalue weighted by Crippen LogP contribution is -2.27. The van der Waals surface area contributed by atoms with Crippen LogP contribution in [0.25, 0.3) is 0 Å². The zero-order valence-corrected chi connectivity index (χ0v) is 11.3. The first-order chi connectivity index (χ1) is 8.92. The van der Waals surface area contributed by atoms with E-state index < -0.39 is 21.9 Å². The predicted octanol–water partition coefficient (Wildman–Crippen LogP) is 1.90. The van der Waals surface area contributed by atoms with Crippen LogP contribution < -0.4 is 4.72 Å². The molecular weight excluding hydrogens is 269 g/mol. The van der Waals surface area contributed by atoms with Crippen LogP contribution in [-0.2, 0) is 10.0 Å². The molecular formula is C12H14FN3O2S. The smallest absolute Gasteiger partial charge is 0.244 e. The molecule has 7 heteroatoms. The Kier molecular flexibility index (Phi) is 3.68.